The van der Waals surface area contributed by atoms with Crippen molar-refractivity contribution in [2.45, 2.75) is 91.3 Å². The maximum Gasteiger partial charge on any atom is 0.407 e. The minimum Gasteiger partial charge on any atom is -0.453 e. The first-order chi connectivity index (χ1) is 24.5. The fraction of sp³-hybridized carbons (Fsp3) is 0.488. The van der Waals surface area contributed by atoms with Crippen LogP contribution in [0.2, 0.25) is 0 Å². The van der Waals surface area contributed by atoms with Gasteiger partial charge in [0.25, 0.3) is 0 Å². The zero-order valence-electron chi connectivity index (χ0n) is 30.6. The fourth-order valence-corrected chi connectivity index (χ4v) is 9.05. The first kappa shape index (κ1) is 35.1. The van der Waals surface area contributed by atoms with Crippen LogP contribution in [0.25, 0.3) is 26.8 Å². The smallest absolute Gasteiger partial charge is 0.407 e. The van der Waals surface area contributed by atoms with Crippen molar-refractivity contribution in [3.05, 3.63) is 59.1 Å². The van der Waals surface area contributed by atoms with E-state index in [9.17, 15) is 14.4 Å². The van der Waals surface area contributed by atoms with Gasteiger partial charge in [0.15, 0.2) is 0 Å². The second-order valence-electron chi connectivity index (χ2n) is 15.2. The highest BCUT2D eigenvalue weighted by atomic mass is 32.1. The lowest BCUT2D eigenvalue weighted by molar-refractivity contribution is -0.136. The van der Waals surface area contributed by atoms with E-state index in [-0.39, 0.29) is 35.7 Å². The molecule has 268 valence electrons. The van der Waals surface area contributed by atoms with E-state index in [0.29, 0.717) is 18.9 Å². The third-order valence-corrected chi connectivity index (χ3v) is 12.5. The van der Waals surface area contributed by atoms with Crippen LogP contribution in [0.4, 0.5) is 10.5 Å². The first-order valence-corrected chi connectivity index (χ1v) is 19.3. The molecule has 0 unspecified atom stereocenters. The Kier molecular flexibility index (Phi) is 9.89. The first-order valence-electron chi connectivity index (χ1n) is 18.5. The van der Waals surface area contributed by atoms with Gasteiger partial charge >= 0.3 is 6.09 Å². The predicted molar refractivity (Wildman–Crippen MR) is 206 cm³/mol. The molecule has 2 saturated heterocycles. The van der Waals surface area contributed by atoms with E-state index >= 15 is 0 Å². The van der Waals surface area contributed by atoms with Gasteiger partial charge in [-0.3, -0.25) is 19.6 Å². The molecular formula is C41H49N5O4S. The SMILES string of the molecule is COC(=O)N[C@H](C(=O)N1CCC[C@H]1C1=Nc2ccc3cc(-c4ccc(C5=CN=C([C@@H]6CCCN6C(=O)[C@@H](C)C(C)C)C5)s4)ccc3c2C1)C(C)C. The Morgan fingerprint density at radius 1 is 0.843 bits per heavy atom. The number of ether oxygens (including phenoxy) is 1. The van der Waals surface area contributed by atoms with Crippen LogP contribution in [0.5, 0.6) is 0 Å². The number of allylic oxidation sites excluding steroid dienone is 1. The van der Waals surface area contributed by atoms with Gasteiger partial charge in [-0.2, -0.15) is 0 Å². The fourth-order valence-electron chi connectivity index (χ4n) is 8.04. The summed E-state index contributed by atoms with van der Waals surface area (Å²) in [7, 11) is 1.31. The minimum absolute atomic E-state index is 0.0200. The number of amides is 3. The summed E-state index contributed by atoms with van der Waals surface area (Å²) in [5, 5.41) is 5.10. The molecule has 3 amide bonds. The van der Waals surface area contributed by atoms with Crippen LogP contribution in [0.15, 0.2) is 58.6 Å². The van der Waals surface area contributed by atoms with Crippen molar-refractivity contribution in [2.24, 2.45) is 27.7 Å². The third-order valence-electron chi connectivity index (χ3n) is 11.3. The maximum atomic E-state index is 13.7. The number of methoxy groups -OCH3 is 1. The molecule has 5 heterocycles. The van der Waals surface area contributed by atoms with Crippen LogP contribution in [-0.2, 0) is 20.7 Å². The molecule has 9 nitrogen and oxygen atoms in total. The van der Waals surface area contributed by atoms with Gasteiger partial charge in [0.05, 0.1) is 24.9 Å². The predicted octanol–water partition coefficient (Wildman–Crippen LogP) is 8.04. The Morgan fingerprint density at radius 3 is 2.25 bits per heavy atom. The molecule has 4 atom stereocenters. The van der Waals surface area contributed by atoms with Crippen LogP contribution in [-0.4, -0.2) is 77.5 Å². The minimum atomic E-state index is -0.647. The summed E-state index contributed by atoms with van der Waals surface area (Å²) < 4.78 is 4.80. The van der Waals surface area contributed by atoms with Crippen molar-refractivity contribution in [3.8, 4) is 10.4 Å². The summed E-state index contributed by atoms with van der Waals surface area (Å²) in [5.74, 6) is 0.451. The number of carbonyl (C=O) groups is 3. The lowest BCUT2D eigenvalue weighted by Gasteiger charge is -2.30. The number of hydrogen-bond acceptors (Lipinski definition) is 7. The highest BCUT2D eigenvalue weighted by Crippen LogP contribution is 2.41. The molecular weight excluding hydrogens is 659 g/mol. The average molecular weight is 708 g/mol. The van der Waals surface area contributed by atoms with E-state index in [1.165, 1.54) is 44.3 Å². The summed E-state index contributed by atoms with van der Waals surface area (Å²) >= 11 is 1.79. The number of aliphatic imine (C=N–C) groups is 2. The number of fused-ring (bicyclic) bond motifs is 3. The molecule has 0 radical (unpaired) electrons. The molecule has 2 fully saturated rings. The van der Waals surface area contributed by atoms with E-state index in [4.69, 9.17) is 14.7 Å². The van der Waals surface area contributed by atoms with Gasteiger partial charge in [-0.25, -0.2) is 4.79 Å². The second kappa shape index (κ2) is 14.4. The summed E-state index contributed by atoms with van der Waals surface area (Å²) in [6.45, 7) is 11.6. The van der Waals surface area contributed by atoms with E-state index in [1.54, 1.807) is 11.3 Å². The summed E-state index contributed by atoms with van der Waals surface area (Å²) in [4.78, 5) is 55.3. The molecule has 10 heteroatoms. The Labute approximate surface area is 304 Å². The lowest BCUT2D eigenvalue weighted by atomic mass is 9.95. The van der Waals surface area contributed by atoms with E-state index < -0.39 is 12.1 Å². The van der Waals surface area contributed by atoms with Gasteiger partial charge in [0, 0.05) is 59.2 Å². The van der Waals surface area contributed by atoms with Crippen molar-refractivity contribution in [1.29, 1.82) is 0 Å². The Bertz CT molecular complexity index is 1960. The van der Waals surface area contributed by atoms with Gasteiger partial charge in [0.2, 0.25) is 11.8 Å². The second-order valence-corrected chi connectivity index (χ2v) is 16.2. The molecule has 4 aliphatic rings. The molecule has 0 aliphatic carbocycles. The van der Waals surface area contributed by atoms with Crippen molar-refractivity contribution in [3.63, 3.8) is 0 Å². The van der Waals surface area contributed by atoms with E-state index in [0.717, 1.165) is 55.8 Å². The van der Waals surface area contributed by atoms with Gasteiger partial charge in [-0.1, -0.05) is 52.8 Å². The van der Waals surface area contributed by atoms with Crippen LogP contribution < -0.4 is 5.32 Å². The number of rotatable bonds is 9. The normalized spacial score (nSPS) is 21.2. The summed E-state index contributed by atoms with van der Waals surface area (Å²) in [5.41, 5.74) is 6.71. The van der Waals surface area contributed by atoms with E-state index in [1.807, 2.05) is 31.9 Å². The number of benzene rings is 2. The summed E-state index contributed by atoms with van der Waals surface area (Å²) in [6.07, 6.45) is 6.70. The molecule has 0 saturated carbocycles. The van der Waals surface area contributed by atoms with Crippen molar-refractivity contribution in [2.75, 3.05) is 20.2 Å². The maximum absolute atomic E-state index is 13.7. The quantitative estimate of drug-likeness (QED) is 0.243. The highest BCUT2D eigenvalue weighted by molar-refractivity contribution is 7.16. The molecule has 2 aromatic carbocycles. The number of likely N-dealkylation sites (tertiary alicyclic amines) is 2. The Morgan fingerprint density at radius 2 is 1.55 bits per heavy atom. The number of nitrogens with zero attached hydrogens (tertiary/aromatic N) is 4. The molecule has 0 bridgehead atoms. The molecule has 1 aromatic heterocycles. The van der Waals surface area contributed by atoms with Gasteiger partial charge in [-0.15, -0.1) is 11.3 Å². The molecule has 51 heavy (non-hydrogen) atoms. The van der Waals surface area contributed by atoms with E-state index in [2.05, 4.69) is 66.5 Å². The number of nitrogens with one attached hydrogen (secondary N) is 1. The van der Waals surface area contributed by atoms with Gasteiger partial charge in [-0.05, 0) is 89.3 Å². The Hall–Kier alpha value is -4.31. The van der Waals surface area contributed by atoms with Gasteiger partial charge < -0.3 is 19.9 Å². The van der Waals surface area contributed by atoms with Crippen molar-refractivity contribution < 1.29 is 19.1 Å². The zero-order valence-corrected chi connectivity index (χ0v) is 31.4. The molecule has 3 aromatic rings. The summed E-state index contributed by atoms with van der Waals surface area (Å²) in [6, 6.07) is 14.7. The molecule has 7 rings (SSSR count). The number of hydrogen-bond donors (Lipinski definition) is 1. The number of thiophene rings is 1. The van der Waals surface area contributed by atoms with Crippen LogP contribution in [0, 0.1) is 17.8 Å². The molecule has 1 N–H and O–H groups in total. The van der Waals surface area contributed by atoms with Gasteiger partial charge in [0.1, 0.15) is 6.04 Å². The standard InChI is InChI=1S/C41H49N5O4S/c1-23(2)25(5)39(47)45-17-7-9-34(45)32-20-28(22-42-32)37-16-15-36(51-37)27-11-13-29-26(19-27)12-14-31-30(29)21-33(43-31)35-10-8-18-46(35)40(48)38(24(3)4)44-41(49)50-6/h11-16,19,22-25,34-35,38H,7-10,17-18,20-21H2,1-6H3,(H,44,49)/t25-,34-,35-,38-/m0/s1. The monoisotopic (exact) mass is 707 g/mol. The lowest BCUT2D eigenvalue weighted by Crippen LogP contribution is -2.53. The average Bonchev–Trinajstić information content (AvgIpc) is 3.97. The van der Waals surface area contributed by atoms with Crippen LogP contribution >= 0.6 is 11.3 Å². The highest BCUT2D eigenvalue weighted by Gasteiger charge is 2.39. The molecule has 0 spiro atoms. The largest absolute Gasteiger partial charge is 0.453 e. The van der Waals surface area contributed by atoms with Crippen molar-refractivity contribution >= 4 is 62.7 Å². The van der Waals surface area contributed by atoms with Crippen LogP contribution in [0.1, 0.15) is 77.2 Å². The zero-order chi connectivity index (χ0) is 36.0. The van der Waals surface area contributed by atoms with Crippen molar-refractivity contribution in [1.82, 2.24) is 15.1 Å². The topological polar surface area (TPSA) is 104 Å². The molecule has 4 aliphatic heterocycles. The third kappa shape index (κ3) is 6.75. The Balaban J connectivity index is 1.03. The number of carbonyl (C=O) groups excluding carboxylic acids is 3. The van der Waals surface area contributed by atoms with Crippen LogP contribution in [0.3, 0.4) is 0 Å². The number of alkyl carbamates (subject to hydrolysis) is 1.